The van der Waals surface area contributed by atoms with Crippen LogP contribution in [0.15, 0.2) is 79.1 Å². The summed E-state index contributed by atoms with van der Waals surface area (Å²) in [6.07, 6.45) is 4.63. The fourth-order valence-electron chi connectivity index (χ4n) is 3.77. The van der Waals surface area contributed by atoms with Gasteiger partial charge in [-0.05, 0) is 49.6 Å². The van der Waals surface area contributed by atoms with Crippen molar-refractivity contribution in [1.29, 1.82) is 0 Å². The third-order valence-corrected chi connectivity index (χ3v) is 5.57. The van der Waals surface area contributed by atoms with Gasteiger partial charge in [-0.2, -0.15) is 0 Å². The smallest absolute Gasteiger partial charge is 0.306 e. The van der Waals surface area contributed by atoms with Crippen LogP contribution in [0.5, 0.6) is 11.6 Å². The zero-order chi connectivity index (χ0) is 25.2. The molecule has 4 aromatic rings. The molecule has 2 aromatic heterocycles. The Labute approximate surface area is 211 Å². The highest BCUT2D eigenvalue weighted by atomic mass is 16.5. The van der Waals surface area contributed by atoms with Crippen molar-refractivity contribution in [3.8, 4) is 22.8 Å². The van der Waals surface area contributed by atoms with Gasteiger partial charge in [-0.1, -0.05) is 48.5 Å². The molecule has 0 atom stereocenters. The minimum atomic E-state index is -0.217. The minimum absolute atomic E-state index is 0.217. The molecule has 7 nitrogen and oxygen atoms in total. The normalized spacial score (nSPS) is 10.7. The Morgan fingerprint density at radius 3 is 2.39 bits per heavy atom. The van der Waals surface area contributed by atoms with Gasteiger partial charge in [0.15, 0.2) is 0 Å². The Balaban J connectivity index is 1.32. The van der Waals surface area contributed by atoms with Crippen LogP contribution in [-0.4, -0.2) is 33.9 Å². The van der Waals surface area contributed by atoms with E-state index in [1.165, 1.54) is 0 Å². The average Bonchev–Trinajstić information content (AvgIpc) is 3.29. The number of esters is 1. The first kappa shape index (κ1) is 25.0. The van der Waals surface area contributed by atoms with Crippen molar-refractivity contribution in [2.75, 3.05) is 13.2 Å². The summed E-state index contributed by atoms with van der Waals surface area (Å²) in [7, 11) is 0. The van der Waals surface area contributed by atoms with E-state index in [9.17, 15) is 4.79 Å². The first-order chi connectivity index (χ1) is 17.6. The molecule has 0 bridgehead atoms. The Morgan fingerprint density at radius 1 is 0.889 bits per heavy atom. The standard InChI is InChI=1S/C29H31N3O4/c1-3-34-28(33)17-13-25-20-32(31-29(25)35-4-2)19-22-10-15-27(16-11-22)36-21-26-14-12-24(18-30-26)23-8-6-5-7-9-23/h5-12,14-16,18,20H,3-4,13,17,19,21H2,1-2H3. The van der Waals surface area contributed by atoms with Gasteiger partial charge in [-0.25, -0.2) is 0 Å². The number of carbonyl (C=O) groups excluding carboxylic acids is 1. The number of hydrogen-bond donors (Lipinski definition) is 0. The SMILES string of the molecule is CCOC(=O)CCc1cn(Cc2ccc(OCc3ccc(-c4ccccc4)cn3)cc2)nc1OCC. The Hall–Kier alpha value is -4.13. The van der Waals surface area contributed by atoms with Crippen LogP contribution in [0.4, 0.5) is 0 Å². The summed E-state index contributed by atoms with van der Waals surface area (Å²) >= 11 is 0. The lowest BCUT2D eigenvalue weighted by molar-refractivity contribution is -0.143. The quantitative estimate of drug-likeness (QED) is 0.248. The third kappa shape index (κ3) is 6.95. The van der Waals surface area contributed by atoms with E-state index in [0.29, 0.717) is 45.1 Å². The van der Waals surface area contributed by atoms with Gasteiger partial charge >= 0.3 is 5.97 Å². The second-order valence-corrected chi connectivity index (χ2v) is 8.23. The number of aromatic nitrogens is 3. The predicted molar refractivity (Wildman–Crippen MR) is 138 cm³/mol. The zero-order valence-electron chi connectivity index (χ0n) is 20.7. The lowest BCUT2D eigenvalue weighted by Crippen LogP contribution is -2.05. The fraction of sp³-hybridized carbons (Fsp3) is 0.276. The largest absolute Gasteiger partial charge is 0.487 e. The molecule has 0 unspecified atom stereocenters. The maximum Gasteiger partial charge on any atom is 0.306 e. The van der Waals surface area contributed by atoms with Crippen LogP contribution in [0.1, 0.15) is 37.1 Å². The topological polar surface area (TPSA) is 75.5 Å². The molecule has 0 N–H and O–H groups in total. The molecule has 0 amide bonds. The van der Waals surface area contributed by atoms with Crippen LogP contribution in [0.3, 0.4) is 0 Å². The first-order valence-corrected chi connectivity index (χ1v) is 12.2. The molecule has 0 aliphatic heterocycles. The molecule has 0 saturated heterocycles. The van der Waals surface area contributed by atoms with Crippen LogP contribution in [-0.2, 0) is 29.1 Å². The molecule has 0 aliphatic rings. The van der Waals surface area contributed by atoms with Crippen molar-refractivity contribution in [2.45, 2.75) is 39.8 Å². The maximum atomic E-state index is 11.7. The molecular formula is C29H31N3O4. The highest BCUT2D eigenvalue weighted by molar-refractivity contribution is 5.69. The molecule has 186 valence electrons. The van der Waals surface area contributed by atoms with Gasteiger partial charge in [0.05, 0.1) is 25.5 Å². The van der Waals surface area contributed by atoms with Crippen LogP contribution < -0.4 is 9.47 Å². The van der Waals surface area contributed by atoms with E-state index in [0.717, 1.165) is 33.7 Å². The molecule has 0 fully saturated rings. The summed E-state index contributed by atoms with van der Waals surface area (Å²) in [6.45, 7) is 5.60. The van der Waals surface area contributed by atoms with Gasteiger partial charge in [0.2, 0.25) is 5.88 Å². The van der Waals surface area contributed by atoms with Crippen LogP contribution in [0, 0.1) is 0 Å². The highest BCUT2D eigenvalue weighted by Gasteiger charge is 2.13. The molecule has 7 heteroatoms. The number of pyridine rings is 1. The van der Waals surface area contributed by atoms with Gasteiger partial charge in [0.1, 0.15) is 12.4 Å². The predicted octanol–water partition coefficient (Wildman–Crippen LogP) is 5.47. The van der Waals surface area contributed by atoms with Crippen LogP contribution in [0.25, 0.3) is 11.1 Å². The number of benzene rings is 2. The third-order valence-electron chi connectivity index (χ3n) is 5.57. The van der Waals surface area contributed by atoms with Crippen LogP contribution >= 0.6 is 0 Å². The van der Waals surface area contributed by atoms with Crippen LogP contribution in [0.2, 0.25) is 0 Å². The lowest BCUT2D eigenvalue weighted by atomic mass is 10.1. The first-order valence-electron chi connectivity index (χ1n) is 12.2. The van der Waals surface area contributed by atoms with E-state index in [4.69, 9.17) is 14.2 Å². The van der Waals surface area contributed by atoms with E-state index >= 15 is 0 Å². The minimum Gasteiger partial charge on any atom is -0.487 e. The van der Waals surface area contributed by atoms with Crippen molar-refractivity contribution >= 4 is 5.97 Å². The van der Waals surface area contributed by atoms with Crippen molar-refractivity contribution in [3.05, 3.63) is 95.9 Å². The zero-order valence-corrected chi connectivity index (χ0v) is 20.7. The van der Waals surface area contributed by atoms with Crippen molar-refractivity contribution in [1.82, 2.24) is 14.8 Å². The van der Waals surface area contributed by atoms with Crippen molar-refractivity contribution < 1.29 is 19.0 Å². The molecular weight excluding hydrogens is 454 g/mol. The van der Waals surface area contributed by atoms with Gasteiger partial charge < -0.3 is 14.2 Å². The van der Waals surface area contributed by atoms with Gasteiger partial charge in [0.25, 0.3) is 0 Å². The summed E-state index contributed by atoms with van der Waals surface area (Å²) in [5.41, 5.74) is 5.07. The van der Waals surface area contributed by atoms with E-state index in [1.807, 2.05) is 72.5 Å². The second-order valence-electron chi connectivity index (χ2n) is 8.23. The number of hydrogen-bond acceptors (Lipinski definition) is 6. The second kappa shape index (κ2) is 12.5. The molecule has 0 saturated carbocycles. The average molecular weight is 486 g/mol. The van der Waals surface area contributed by atoms with Gasteiger partial charge in [-0.15, -0.1) is 5.10 Å². The van der Waals surface area contributed by atoms with Gasteiger partial charge in [-0.3, -0.25) is 14.5 Å². The maximum absolute atomic E-state index is 11.7. The molecule has 2 heterocycles. The molecule has 0 aliphatic carbocycles. The van der Waals surface area contributed by atoms with E-state index in [-0.39, 0.29) is 5.97 Å². The summed E-state index contributed by atoms with van der Waals surface area (Å²) in [4.78, 5) is 16.3. The monoisotopic (exact) mass is 485 g/mol. The number of carbonyl (C=O) groups is 1. The molecule has 4 rings (SSSR count). The summed E-state index contributed by atoms with van der Waals surface area (Å²) < 4.78 is 18.4. The van der Waals surface area contributed by atoms with Crippen molar-refractivity contribution in [3.63, 3.8) is 0 Å². The van der Waals surface area contributed by atoms with E-state index in [1.54, 1.807) is 6.92 Å². The molecule has 0 radical (unpaired) electrons. The fourth-order valence-corrected chi connectivity index (χ4v) is 3.77. The Morgan fingerprint density at radius 2 is 1.69 bits per heavy atom. The number of nitrogens with zero attached hydrogens (tertiary/aromatic N) is 3. The molecule has 36 heavy (non-hydrogen) atoms. The van der Waals surface area contributed by atoms with Crippen molar-refractivity contribution in [2.24, 2.45) is 0 Å². The molecule has 2 aromatic carbocycles. The lowest BCUT2D eigenvalue weighted by Gasteiger charge is -2.08. The summed E-state index contributed by atoms with van der Waals surface area (Å²) in [5, 5.41) is 4.55. The van der Waals surface area contributed by atoms with Gasteiger partial charge in [0, 0.05) is 29.9 Å². The highest BCUT2D eigenvalue weighted by Crippen LogP contribution is 2.21. The Kier molecular flexibility index (Phi) is 8.70. The number of ether oxygens (including phenoxy) is 3. The summed E-state index contributed by atoms with van der Waals surface area (Å²) in [5.74, 6) is 1.12. The Bertz CT molecular complexity index is 1240. The number of aryl methyl sites for hydroxylation is 1. The number of rotatable bonds is 12. The van der Waals surface area contributed by atoms with E-state index in [2.05, 4.69) is 28.3 Å². The van der Waals surface area contributed by atoms with E-state index < -0.39 is 0 Å². The molecule has 0 spiro atoms. The summed E-state index contributed by atoms with van der Waals surface area (Å²) in [6, 6.07) is 22.2.